The van der Waals surface area contributed by atoms with Crippen LogP contribution in [0.3, 0.4) is 0 Å². The minimum absolute atomic E-state index is 0.397. The number of aromatic nitrogens is 1. The molecule has 0 bridgehead atoms. The molecule has 4 rings (SSSR count). The lowest BCUT2D eigenvalue weighted by atomic mass is 9.90. The molecule has 0 amide bonds. The molecule has 1 saturated heterocycles. The Morgan fingerprint density at radius 1 is 1.22 bits per heavy atom. The second-order valence-corrected chi connectivity index (χ2v) is 5.97. The van der Waals surface area contributed by atoms with Gasteiger partial charge in [0.2, 0.25) is 0 Å². The van der Waals surface area contributed by atoms with Crippen LogP contribution in [0.1, 0.15) is 30.1 Å². The second kappa shape index (κ2) is 5.93. The number of piperidine rings is 1. The number of hydrogen-bond donors (Lipinski definition) is 3. The number of H-pyrrole nitrogens is 1. The molecule has 0 unspecified atom stereocenters. The Kier molecular flexibility index (Phi) is 3.63. The average Bonchev–Trinajstić information content (AvgIpc) is 3.25. The van der Waals surface area contributed by atoms with Gasteiger partial charge in [0.25, 0.3) is 0 Å². The number of nitrogens with two attached hydrogens (primary N) is 1. The first-order chi connectivity index (χ1) is 11.3. The van der Waals surface area contributed by atoms with Crippen molar-refractivity contribution in [2.45, 2.75) is 18.8 Å². The third-order valence-electron chi connectivity index (χ3n) is 4.50. The lowest BCUT2D eigenvalue weighted by Gasteiger charge is -2.22. The van der Waals surface area contributed by atoms with Crippen molar-refractivity contribution in [3.63, 3.8) is 0 Å². The van der Waals surface area contributed by atoms with Crippen molar-refractivity contribution in [1.29, 1.82) is 0 Å². The smallest absolute Gasteiger partial charge is 0.168 e. The van der Waals surface area contributed by atoms with E-state index >= 15 is 0 Å². The number of benzene rings is 1. The summed E-state index contributed by atoms with van der Waals surface area (Å²) >= 11 is 0. The van der Waals surface area contributed by atoms with Crippen molar-refractivity contribution in [3.05, 3.63) is 54.1 Å². The number of fused-ring (bicyclic) bond motifs is 1. The van der Waals surface area contributed by atoms with Gasteiger partial charge >= 0.3 is 0 Å². The highest BCUT2D eigenvalue weighted by molar-refractivity contribution is 5.97. The van der Waals surface area contributed by atoms with Gasteiger partial charge in [-0.1, -0.05) is 0 Å². The molecule has 0 aliphatic carbocycles. The Labute approximate surface area is 134 Å². The molecular formula is C18H20N4O. The molecule has 118 valence electrons. The molecule has 1 fully saturated rings. The molecule has 4 N–H and O–H groups in total. The molecule has 1 aromatic carbocycles. The van der Waals surface area contributed by atoms with E-state index in [2.05, 4.69) is 33.6 Å². The number of hydrogen-bond acceptors (Lipinski definition) is 3. The van der Waals surface area contributed by atoms with Crippen LogP contribution in [-0.2, 0) is 0 Å². The lowest BCUT2D eigenvalue weighted by molar-refractivity contribution is 0.462. The maximum absolute atomic E-state index is 6.01. The molecule has 0 saturated carbocycles. The predicted octanol–water partition coefficient (Wildman–Crippen LogP) is 3.26. The lowest BCUT2D eigenvalue weighted by Crippen LogP contribution is -2.26. The van der Waals surface area contributed by atoms with Gasteiger partial charge in [-0.25, -0.2) is 4.99 Å². The van der Waals surface area contributed by atoms with Gasteiger partial charge in [-0.05, 0) is 67.7 Å². The van der Waals surface area contributed by atoms with Gasteiger partial charge < -0.3 is 20.5 Å². The van der Waals surface area contributed by atoms with E-state index in [0.717, 1.165) is 24.3 Å². The maximum atomic E-state index is 6.01. The van der Waals surface area contributed by atoms with Gasteiger partial charge in [-0.15, -0.1) is 0 Å². The Morgan fingerprint density at radius 2 is 2.09 bits per heavy atom. The minimum Gasteiger partial charge on any atom is -0.461 e. The summed E-state index contributed by atoms with van der Waals surface area (Å²) in [6.45, 7) is 2.17. The van der Waals surface area contributed by atoms with Gasteiger partial charge in [0.05, 0.1) is 12.0 Å². The molecule has 3 aromatic rings. The maximum Gasteiger partial charge on any atom is 0.168 e. The third-order valence-corrected chi connectivity index (χ3v) is 4.50. The standard InChI is InChI=1S/C18H20N4O/c19-18(17-2-1-9-23-17)22-13-3-4-16-14(10-13)15(11-21-16)12-5-7-20-8-6-12/h1-4,9-12,20-21H,5-8H2,(H2,19,22). The van der Waals surface area contributed by atoms with Gasteiger partial charge in [-0.2, -0.15) is 0 Å². The summed E-state index contributed by atoms with van der Waals surface area (Å²) in [4.78, 5) is 7.87. The number of amidine groups is 1. The van der Waals surface area contributed by atoms with E-state index in [-0.39, 0.29) is 0 Å². The molecular weight excluding hydrogens is 288 g/mol. The first kappa shape index (κ1) is 14.1. The summed E-state index contributed by atoms with van der Waals surface area (Å²) in [5.74, 6) is 1.60. The fourth-order valence-corrected chi connectivity index (χ4v) is 3.29. The first-order valence-electron chi connectivity index (χ1n) is 8.01. The fourth-order valence-electron chi connectivity index (χ4n) is 3.29. The Hall–Kier alpha value is -2.53. The number of nitrogens with zero attached hydrogens (tertiary/aromatic N) is 1. The highest BCUT2D eigenvalue weighted by atomic mass is 16.3. The topological polar surface area (TPSA) is 79.3 Å². The van der Waals surface area contributed by atoms with Crippen molar-refractivity contribution >= 4 is 22.4 Å². The molecule has 1 aliphatic rings. The molecule has 0 spiro atoms. The number of aromatic amines is 1. The molecule has 23 heavy (non-hydrogen) atoms. The van der Waals surface area contributed by atoms with Crippen molar-refractivity contribution < 1.29 is 4.42 Å². The molecule has 1 aliphatic heterocycles. The Bertz CT molecular complexity index is 826. The van der Waals surface area contributed by atoms with Crippen molar-refractivity contribution in [2.75, 3.05) is 13.1 Å². The van der Waals surface area contributed by atoms with E-state index in [9.17, 15) is 0 Å². The van der Waals surface area contributed by atoms with Crippen molar-refractivity contribution in [1.82, 2.24) is 10.3 Å². The van der Waals surface area contributed by atoms with Crippen LogP contribution in [0.15, 0.2) is 52.2 Å². The summed E-state index contributed by atoms with van der Waals surface area (Å²) in [6.07, 6.45) is 6.09. The van der Waals surface area contributed by atoms with Crippen molar-refractivity contribution in [3.8, 4) is 0 Å². The zero-order valence-corrected chi connectivity index (χ0v) is 12.9. The molecule has 0 radical (unpaired) electrons. The van der Waals surface area contributed by atoms with Crippen LogP contribution < -0.4 is 11.1 Å². The van der Waals surface area contributed by atoms with Crippen LogP contribution in [0, 0.1) is 0 Å². The Morgan fingerprint density at radius 3 is 2.87 bits per heavy atom. The predicted molar refractivity (Wildman–Crippen MR) is 92.2 cm³/mol. The number of aliphatic imine (C=N–C) groups is 1. The van der Waals surface area contributed by atoms with Crippen LogP contribution in [0.25, 0.3) is 10.9 Å². The summed E-state index contributed by atoms with van der Waals surface area (Å²) in [6, 6.07) is 9.77. The van der Waals surface area contributed by atoms with Crippen LogP contribution in [0.5, 0.6) is 0 Å². The van der Waals surface area contributed by atoms with E-state index < -0.39 is 0 Å². The van der Waals surface area contributed by atoms with E-state index in [1.807, 2.05) is 18.2 Å². The monoisotopic (exact) mass is 308 g/mol. The molecule has 3 heterocycles. The SMILES string of the molecule is NC(=Nc1ccc2[nH]cc(C3CCNCC3)c2c1)c1ccco1. The first-order valence-corrected chi connectivity index (χ1v) is 8.01. The normalized spacial score (nSPS) is 17.0. The second-order valence-electron chi connectivity index (χ2n) is 5.97. The minimum atomic E-state index is 0.397. The highest BCUT2D eigenvalue weighted by Gasteiger charge is 2.18. The van der Waals surface area contributed by atoms with Crippen LogP contribution >= 0.6 is 0 Å². The molecule has 5 heteroatoms. The molecule has 5 nitrogen and oxygen atoms in total. The van der Waals surface area contributed by atoms with Gasteiger partial charge in [-0.3, -0.25) is 0 Å². The quantitative estimate of drug-likeness (QED) is 0.513. The summed E-state index contributed by atoms with van der Waals surface area (Å²) in [5.41, 5.74) is 9.39. The summed E-state index contributed by atoms with van der Waals surface area (Å²) in [5, 5.41) is 4.66. The van der Waals surface area contributed by atoms with Gasteiger partial charge in [0.1, 0.15) is 0 Å². The van der Waals surface area contributed by atoms with Gasteiger partial charge in [0.15, 0.2) is 11.6 Å². The zero-order valence-electron chi connectivity index (χ0n) is 12.9. The zero-order chi connectivity index (χ0) is 15.6. The average molecular weight is 308 g/mol. The van der Waals surface area contributed by atoms with E-state index in [0.29, 0.717) is 17.5 Å². The van der Waals surface area contributed by atoms with Crippen LogP contribution in [0.2, 0.25) is 0 Å². The van der Waals surface area contributed by atoms with E-state index in [1.165, 1.54) is 23.8 Å². The molecule has 2 aromatic heterocycles. The van der Waals surface area contributed by atoms with E-state index in [4.69, 9.17) is 10.2 Å². The number of nitrogens with one attached hydrogen (secondary N) is 2. The number of furan rings is 1. The summed E-state index contributed by atoms with van der Waals surface area (Å²) in [7, 11) is 0. The van der Waals surface area contributed by atoms with Gasteiger partial charge in [0, 0.05) is 17.1 Å². The van der Waals surface area contributed by atoms with Crippen LogP contribution in [-0.4, -0.2) is 23.9 Å². The highest BCUT2D eigenvalue weighted by Crippen LogP contribution is 2.33. The fraction of sp³-hybridized carbons (Fsp3) is 0.278. The third kappa shape index (κ3) is 2.75. The Balaban J connectivity index is 1.70. The van der Waals surface area contributed by atoms with Crippen LogP contribution in [0.4, 0.5) is 5.69 Å². The van der Waals surface area contributed by atoms with E-state index in [1.54, 1.807) is 6.26 Å². The summed E-state index contributed by atoms with van der Waals surface area (Å²) < 4.78 is 5.29. The van der Waals surface area contributed by atoms with Crippen molar-refractivity contribution in [2.24, 2.45) is 10.7 Å². The molecule has 0 atom stereocenters. The number of rotatable bonds is 3. The largest absolute Gasteiger partial charge is 0.461 e.